The van der Waals surface area contributed by atoms with Crippen LogP contribution in [0.25, 0.3) is 11.0 Å². The average molecular weight is 395 g/mol. The molecular formula is C26H38N2O. The van der Waals surface area contributed by atoms with E-state index in [4.69, 9.17) is 4.52 Å². The van der Waals surface area contributed by atoms with E-state index in [1.807, 2.05) is 0 Å². The molecule has 0 bridgehead atoms. The van der Waals surface area contributed by atoms with E-state index in [-0.39, 0.29) is 5.41 Å². The van der Waals surface area contributed by atoms with Gasteiger partial charge in [-0.1, -0.05) is 52.8 Å². The minimum absolute atomic E-state index is 0.0236. The van der Waals surface area contributed by atoms with Crippen molar-refractivity contribution in [1.82, 2.24) is 10.1 Å². The molecule has 2 heterocycles. The van der Waals surface area contributed by atoms with Crippen LogP contribution < -0.4 is 0 Å². The van der Waals surface area contributed by atoms with Gasteiger partial charge in [-0.3, -0.25) is 0 Å². The molecule has 3 aliphatic rings. The predicted octanol–water partition coefficient (Wildman–Crippen LogP) is 5.84. The summed E-state index contributed by atoms with van der Waals surface area (Å²) in [6.07, 6.45) is 5.25. The third-order valence-corrected chi connectivity index (χ3v) is 8.12. The summed E-state index contributed by atoms with van der Waals surface area (Å²) in [4.78, 5) is 2.78. The average Bonchev–Trinajstić information content (AvgIpc) is 3.32. The summed E-state index contributed by atoms with van der Waals surface area (Å²) in [5.41, 5.74) is 5.58. The molecular weight excluding hydrogens is 356 g/mol. The Morgan fingerprint density at radius 2 is 1.69 bits per heavy atom. The Morgan fingerprint density at radius 3 is 2.31 bits per heavy atom. The van der Waals surface area contributed by atoms with Crippen molar-refractivity contribution in [1.29, 1.82) is 0 Å². The summed E-state index contributed by atoms with van der Waals surface area (Å²) >= 11 is 0. The first kappa shape index (κ1) is 19.6. The van der Waals surface area contributed by atoms with E-state index in [0.717, 1.165) is 41.4 Å². The zero-order valence-electron chi connectivity index (χ0n) is 19.2. The maximum atomic E-state index is 5.88. The zero-order chi connectivity index (χ0) is 20.6. The van der Waals surface area contributed by atoms with Crippen molar-refractivity contribution in [2.45, 2.75) is 72.6 Å². The first-order chi connectivity index (χ1) is 13.6. The molecule has 3 nitrogen and oxygen atoms in total. The number of likely N-dealkylation sites (tertiary alicyclic amines) is 1. The van der Waals surface area contributed by atoms with Crippen LogP contribution in [-0.4, -0.2) is 29.7 Å². The fraction of sp³-hybridized carbons (Fsp3) is 0.731. The highest BCUT2D eigenvalue weighted by Crippen LogP contribution is 2.48. The monoisotopic (exact) mass is 394 g/mol. The van der Waals surface area contributed by atoms with Gasteiger partial charge >= 0.3 is 0 Å². The van der Waals surface area contributed by atoms with Crippen LogP contribution in [0.2, 0.25) is 0 Å². The summed E-state index contributed by atoms with van der Waals surface area (Å²) < 4.78 is 5.88. The molecule has 0 N–H and O–H groups in total. The van der Waals surface area contributed by atoms with Crippen LogP contribution in [0.1, 0.15) is 71.2 Å². The summed E-state index contributed by atoms with van der Waals surface area (Å²) in [5, 5.41) is 5.68. The van der Waals surface area contributed by atoms with Crippen LogP contribution in [0.3, 0.4) is 0 Å². The molecule has 0 spiro atoms. The largest absolute Gasteiger partial charge is 0.356 e. The highest BCUT2D eigenvalue weighted by Gasteiger charge is 2.44. The number of hydrogen-bond donors (Lipinski definition) is 0. The number of aromatic nitrogens is 1. The van der Waals surface area contributed by atoms with Crippen LogP contribution in [0, 0.1) is 29.1 Å². The maximum Gasteiger partial charge on any atom is 0.170 e. The Labute approximate surface area is 176 Å². The number of fused-ring (bicyclic) bond motifs is 4. The van der Waals surface area contributed by atoms with Crippen LogP contribution >= 0.6 is 0 Å². The fourth-order valence-electron chi connectivity index (χ4n) is 6.48. The minimum Gasteiger partial charge on any atom is -0.356 e. The lowest BCUT2D eigenvalue weighted by Crippen LogP contribution is -2.30. The Morgan fingerprint density at radius 1 is 1.00 bits per heavy atom. The molecule has 158 valence electrons. The van der Waals surface area contributed by atoms with Gasteiger partial charge in [0.15, 0.2) is 5.58 Å². The lowest BCUT2D eigenvalue weighted by molar-refractivity contribution is 0.202. The second-order valence-electron chi connectivity index (χ2n) is 12.4. The van der Waals surface area contributed by atoms with Gasteiger partial charge in [0.1, 0.15) is 0 Å². The Kier molecular flexibility index (Phi) is 4.44. The van der Waals surface area contributed by atoms with E-state index >= 15 is 0 Å². The molecule has 5 rings (SSSR count). The molecule has 29 heavy (non-hydrogen) atoms. The molecule has 1 saturated heterocycles. The lowest BCUT2D eigenvalue weighted by Gasteiger charge is -2.29. The third-order valence-electron chi connectivity index (χ3n) is 8.12. The summed E-state index contributed by atoms with van der Waals surface area (Å²) in [6.45, 7) is 17.9. The van der Waals surface area contributed by atoms with Gasteiger partial charge in [0.05, 0.1) is 5.69 Å². The molecule has 2 unspecified atom stereocenters. The molecule has 2 aliphatic carbocycles. The SMILES string of the molecule is CC(C)(C)c1noc2c3c(ccc12)C[C@H](CN1CC2CC(C(C)(C)C)CC2C1)C3. The summed E-state index contributed by atoms with van der Waals surface area (Å²) in [7, 11) is 0. The molecule has 0 amide bonds. The van der Waals surface area contributed by atoms with Crippen molar-refractivity contribution in [3.63, 3.8) is 0 Å². The Bertz CT molecular complexity index is 899. The topological polar surface area (TPSA) is 29.3 Å². The number of nitrogens with zero attached hydrogens (tertiary/aromatic N) is 2. The van der Waals surface area contributed by atoms with E-state index in [1.54, 1.807) is 0 Å². The van der Waals surface area contributed by atoms with Gasteiger partial charge in [-0.15, -0.1) is 0 Å². The predicted molar refractivity (Wildman–Crippen MR) is 119 cm³/mol. The first-order valence-corrected chi connectivity index (χ1v) is 11.7. The second kappa shape index (κ2) is 6.57. The van der Waals surface area contributed by atoms with E-state index in [9.17, 15) is 0 Å². The maximum absolute atomic E-state index is 5.88. The van der Waals surface area contributed by atoms with Gasteiger partial charge in [0, 0.05) is 36.0 Å². The van der Waals surface area contributed by atoms with Crippen molar-refractivity contribution in [2.75, 3.05) is 19.6 Å². The van der Waals surface area contributed by atoms with E-state index < -0.39 is 0 Å². The van der Waals surface area contributed by atoms with Gasteiger partial charge in [-0.25, -0.2) is 0 Å². The lowest BCUT2D eigenvalue weighted by atomic mass is 9.79. The quantitative estimate of drug-likeness (QED) is 0.640. The second-order valence-corrected chi connectivity index (χ2v) is 12.4. The fourth-order valence-corrected chi connectivity index (χ4v) is 6.48. The van der Waals surface area contributed by atoms with Crippen molar-refractivity contribution >= 4 is 11.0 Å². The summed E-state index contributed by atoms with van der Waals surface area (Å²) in [6, 6.07) is 4.59. The molecule has 3 heteroatoms. The van der Waals surface area contributed by atoms with Crippen molar-refractivity contribution in [3.05, 3.63) is 29.0 Å². The molecule has 3 atom stereocenters. The number of rotatable bonds is 2. The molecule has 1 aromatic carbocycles. The number of hydrogen-bond acceptors (Lipinski definition) is 3. The van der Waals surface area contributed by atoms with Crippen LogP contribution in [-0.2, 0) is 18.3 Å². The highest BCUT2D eigenvalue weighted by atomic mass is 16.5. The van der Waals surface area contributed by atoms with Gasteiger partial charge in [-0.05, 0) is 66.4 Å². The van der Waals surface area contributed by atoms with Crippen LogP contribution in [0.4, 0.5) is 0 Å². The Balaban J connectivity index is 1.26. The van der Waals surface area contributed by atoms with Crippen molar-refractivity contribution in [2.24, 2.45) is 29.1 Å². The van der Waals surface area contributed by atoms with E-state index in [1.165, 1.54) is 55.4 Å². The van der Waals surface area contributed by atoms with Gasteiger partial charge in [-0.2, -0.15) is 0 Å². The molecule has 2 aromatic rings. The van der Waals surface area contributed by atoms with Gasteiger partial charge in [0.25, 0.3) is 0 Å². The third kappa shape index (κ3) is 3.44. The molecule has 1 aromatic heterocycles. The first-order valence-electron chi connectivity index (χ1n) is 11.7. The molecule has 0 radical (unpaired) electrons. The zero-order valence-corrected chi connectivity index (χ0v) is 19.2. The highest BCUT2D eigenvalue weighted by molar-refractivity contribution is 5.85. The normalized spacial score (nSPS) is 30.3. The molecule has 1 aliphatic heterocycles. The van der Waals surface area contributed by atoms with E-state index in [0.29, 0.717) is 5.41 Å². The smallest absolute Gasteiger partial charge is 0.170 e. The molecule has 1 saturated carbocycles. The summed E-state index contributed by atoms with van der Waals surface area (Å²) in [5.74, 6) is 3.54. The van der Waals surface area contributed by atoms with Crippen LogP contribution in [0.15, 0.2) is 16.7 Å². The number of benzene rings is 1. The Hall–Kier alpha value is -1.35. The molecule has 2 fully saturated rings. The van der Waals surface area contributed by atoms with Gasteiger partial charge < -0.3 is 9.42 Å². The van der Waals surface area contributed by atoms with Crippen molar-refractivity contribution < 1.29 is 4.52 Å². The van der Waals surface area contributed by atoms with E-state index in [2.05, 4.69) is 63.7 Å². The van der Waals surface area contributed by atoms with Crippen molar-refractivity contribution in [3.8, 4) is 0 Å². The van der Waals surface area contributed by atoms with Crippen LogP contribution in [0.5, 0.6) is 0 Å². The standard InChI is InChI=1S/C26H38N2O/c1-25(2,3)20-11-18-14-28(15-19(18)12-20)13-16-9-17-7-8-21-23(22(17)10-16)29-27-24(21)26(4,5)6/h7-8,16,18-20H,9-15H2,1-6H3/t16-,18?,19?,20?/m0/s1. The van der Waals surface area contributed by atoms with Gasteiger partial charge in [0.2, 0.25) is 0 Å². The minimum atomic E-state index is 0.0236.